The molecule has 134 valence electrons. The summed E-state index contributed by atoms with van der Waals surface area (Å²) in [4.78, 5) is 13.8. The predicted octanol–water partition coefficient (Wildman–Crippen LogP) is 2.50. The van der Waals surface area contributed by atoms with Crippen LogP contribution in [-0.4, -0.2) is 50.8 Å². The number of anilines is 1. The molecular formula is C19H28N6. The largest absolute Gasteiger partial charge is 0.353 e. The Balaban J connectivity index is 1.40. The Bertz CT molecular complexity index is 710. The molecule has 2 aromatic heterocycles. The Morgan fingerprint density at radius 3 is 2.48 bits per heavy atom. The summed E-state index contributed by atoms with van der Waals surface area (Å²) in [6.07, 6.45) is 11.1. The minimum absolute atomic E-state index is 0.680. The highest BCUT2D eigenvalue weighted by Crippen LogP contribution is 2.35. The Hall–Kier alpha value is -1.95. The van der Waals surface area contributed by atoms with Crippen LogP contribution in [-0.2, 0) is 13.6 Å². The molecule has 6 nitrogen and oxygen atoms in total. The van der Waals surface area contributed by atoms with Crippen molar-refractivity contribution in [2.24, 2.45) is 7.05 Å². The van der Waals surface area contributed by atoms with E-state index in [4.69, 9.17) is 5.10 Å². The Morgan fingerprint density at radius 2 is 1.76 bits per heavy atom. The Kier molecular flexibility index (Phi) is 4.70. The van der Waals surface area contributed by atoms with Crippen LogP contribution in [0.25, 0.3) is 0 Å². The van der Waals surface area contributed by atoms with Gasteiger partial charge in [0.1, 0.15) is 5.82 Å². The molecule has 0 aromatic carbocycles. The zero-order chi connectivity index (χ0) is 17.2. The van der Waals surface area contributed by atoms with Gasteiger partial charge in [0.15, 0.2) is 0 Å². The molecular weight excluding hydrogens is 312 g/mol. The van der Waals surface area contributed by atoms with Crippen LogP contribution in [0.2, 0.25) is 0 Å². The topological polar surface area (TPSA) is 50.1 Å². The van der Waals surface area contributed by atoms with Crippen LogP contribution < -0.4 is 4.90 Å². The second-order valence-electron chi connectivity index (χ2n) is 7.42. The summed E-state index contributed by atoms with van der Waals surface area (Å²) >= 11 is 0. The van der Waals surface area contributed by atoms with E-state index < -0.39 is 0 Å². The molecule has 2 aliphatic rings. The van der Waals surface area contributed by atoms with Gasteiger partial charge in [0.05, 0.1) is 11.4 Å². The molecule has 1 saturated heterocycles. The maximum Gasteiger partial charge on any atom is 0.150 e. The van der Waals surface area contributed by atoms with Crippen molar-refractivity contribution in [3.8, 4) is 0 Å². The van der Waals surface area contributed by atoms with E-state index in [0.717, 1.165) is 44.2 Å². The molecule has 0 bridgehead atoms. The number of rotatable bonds is 4. The maximum atomic E-state index is 4.79. The van der Waals surface area contributed by atoms with Crippen LogP contribution in [0, 0.1) is 6.92 Å². The first-order valence-corrected chi connectivity index (χ1v) is 9.48. The molecule has 0 spiro atoms. The van der Waals surface area contributed by atoms with Crippen LogP contribution in [0.3, 0.4) is 0 Å². The smallest absolute Gasteiger partial charge is 0.150 e. The van der Waals surface area contributed by atoms with E-state index in [1.165, 1.54) is 36.9 Å². The molecule has 1 saturated carbocycles. The van der Waals surface area contributed by atoms with Gasteiger partial charge in [0, 0.05) is 69.8 Å². The lowest BCUT2D eigenvalue weighted by atomic mass is 10.00. The summed E-state index contributed by atoms with van der Waals surface area (Å²) in [6.45, 7) is 7.21. The van der Waals surface area contributed by atoms with Gasteiger partial charge >= 0.3 is 0 Å². The molecule has 0 amide bonds. The summed E-state index contributed by atoms with van der Waals surface area (Å²) < 4.78 is 2.00. The van der Waals surface area contributed by atoms with E-state index in [9.17, 15) is 0 Å². The summed E-state index contributed by atoms with van der Waals surface area (Å²) in [5, 5.41) is 4.79. The van der Waals surface area contributed by atoms with Crippen molar-refractivity contribution >= 4 is 5.82 Å². The fourth-order valence-electron chi connectivity index (χ4n) is 4.29. The van der Waals surface area contributed by atoms with Gasteiger partial charge in [-0.15, -0.1) is 0 Å². The molecule has 0 unspecified atom stereocenters. The van der Waals surface area contributed by atoms with Crippen LogP contribution >= 0.6 is 0 Å². The Labute approximate surface area is 149 Å². The van der Waals surface area contributed by atoms with Crippen LogP contribution in [0.4, 0.5) is 5.82 Å². The van der Waals surface area contributed by atoms with Crippen LogP contribution in [0.1, 0.15) is 48.6 Å². The molecule has 6 heteroatoms. The van der Waals surface area contributed by atoms with E-state index in [0.29, 0.717) is 5.92 Å². The first kappa shape index (κ1) is 16.5. The average molecular weight is 340 g/mol. The van der Waals surface area contributed by atoms with Crippen LogP contribution in [0.15, 0.2) is 18.6 Å². The van der Waals surface area contributed by atoms with Gasteiger partial charge < -0.3 is 4.90 Å². The van der Waals surface area contributed by atoms with E-state index in [1.54, 1.807) is 12.4 Å². The van der Waals surface area contributed by atoms with Gasteiger partial charge in [0.2, 0.25) is 0 Å². The highest BCUT2D eigenvalue weighted by atomic mass is 15.3. The van der Waals surface area contributed by atoms with Crippen LogP contribution in [0.5, 0.6) is 0 Å². The van der Waals surface area contributed by atoms with Gasteiger partial charge in [-0.1, -0.05) is 12.8 Å². The molecule has 0 N–H and O–H groups in total. The predicted molar refractivity (Wildman–Crippen MR) is 98.7 cm³/mol. The molecule has 3 heterocycles. The molecule has 0 radical (unpaired) electrons. The molecule has 25 heavy (non-hydrogen) atoms. The minimum atomic E-state index is 0.680. The molecule has 4 rings (SSSR count). The van der Waals surface area contributed by atoms with Crippen molar-refractivity contribution < 1.29 is 0 Å². The zero-order valence-corrected chi connectivity index (χ0v) is 15.4. The minimum Gasteiger partial charge on any atom is -0.353 e. The van der Waals surface area contributed by atoms with Gasteiger partial charge in [0.25, 0.3) is 0 Å². The zero-order valence-electron chi connectivity index (χ0n) is 15.4. The summed E-state index contributed by atoms with van der Waals surface area (Å²) in [6, 6.07) is 0. The second-order valence-corrected chi connectivity index (χ2v) is 7.42. The van der Waals surface area contributed by atoms with Crippen molar-refractivity contribution in [2.45, 2.75) is 45.1 Å². The molecule has 0 atom stereocenters. The molecule has 2 aromatic rings. The van der Waals surface area contributed by atoms with E-state index >= 15 is 0 Å². The monoisotopic (exact) mass is 340 g/mol. The van der Waals surface area contributed by atoms with Crippen molar-refractivity contribution in [2.75, 3.05) is 31.1 Å². The maximum absolute atomic E-state index is 4.79. The first-order chi connectivity index (χ1) is 12.2. The van der Waals surface area contributed by atoms with Gasteiger partial charge in [-0.2, -0.15) is 5.10 Å². The van der Waals surface area contributed by atoms with E-state index in [2.05, 4.69) is 33.0 Å². The van der Waals surface area contributed by atoms with Crippen molar-refractivity contribution in [1.29, 1.82) is 0 Å². The lowest BCUT2D eigenvalue weighted by Crippen LogP contribution is -2.46. The third kappa shape index (κ3) is 3.54. The normalized spacial score (nSPS) is 19.7. The highest BCUT2D eigenvalue weighted by molar-refractivity contribution is 5.42. The number of piperazine rings is 1. The highest BCUT2D eigenvalue weighted by Gasteiger charge is 2.25. The fraction of sp³-hybridized carbons (Fsp3) is 0.632. The third-order valence-electron chi connectivity index (χ3n) is 5.60. The van der Waals surface area contributed by atoms with Gasteiger partial charge in [-0.05, 0) is 19.8 Å². The van der Waals surface area contributed by atoms with Crippen molar-refractivity contribution in [1.82, 2.24) is 24.6 Å². The number of aryl methyl sites for hydroxylation is 2. The van der Waals surface area contributed by atoms with Crippen molar-refractivity contribution in [3.63, 3.8) is 0 Å². The van der Waals surface area contributed by atoms with E-state index in [-0.39, 0.29) is 0 Å². The molecule has 2 fully saturated rings. The first-order valence-electron chi connectivity index (χ1n) is 9.48. The number of hydrogen-bond acceptors (Lipinski definition) is 5. The van der Waals surface area contributed by atoms with Crippen molar-refractivity contribution in [3.05, 3.63) is 35.5 Å². The van der Waals surface area contributed by atoms with E-state index in [1.807, 2.05) is 11.6 Å². The standard InChI is InChI=1S/C19H28N6/c1-15-19(21-8-7-20-15)25-11-9-24(10-12-25)14-17-13-23(2)22-18(17)16-5-3-4-6-16/h7-8,13,16H,3-6,9-12,14H2,1-2H3. The molecule has 1 aliphatic carbocycles. The second kappa shape index (κ2) is 7.12. The number of aromatic nitrogens is 4. The van der Waals surface area contributed by atoms with Gasteiger partial charge in [-0.25, -0.2) is 4.98 Å². The lowest BCUT2D eigenvalue weighted by Gasteiger charge is -2.35. The lowest BCUT2D eigenvalue weighted by molar-refractivity contribution is 0.248. The number of hydrogen-bond donors (Lipinski definition) is 0. The number of nitrogens with zero attached hydrogens (tertiary/aromatic N) is 6. The fourth-order valence-corrected chi connectivity index (χ4v) is 4.29. The van der Waals surface area contributed by atoms with Gasteiger partial charge in [-0.3, -0.25) is 14.6 Å². The average Bonchev–Trinajstić information content (AvgIpc) is 3.26. The molecule has 1 aliphatic heterocycles. The Morgan fingerprint density at radius 1 is 1.04 bits per heavy atom. The summed E-state index contributed by atoms with van der Waals surface area (Å²) in [5.41, 5.74) is 3.80. The third-order valence-corrected chi connectivity index (χ3v) is 5.60. The summed E-state index contributed by atoms with van der Waals surface area (Å²) in [7, 11) is 2.05. The summed E-state index contributed by atoms with van der Waals surface area (Å²) in [5.74, 6) is 1.72. The SMILES string of the molecule is Cc1nccnc1N1CCN(Cc2cn(C)nc2C2CCCC2)CC1. The quantitative estimate of drug-likeness (QED) is 0.856.